The molecule has 1 amide bonds. The maximum absolute atomic E-state index is 11.4. The molecule has 0 aliphatic carbocycles. The molecule has 0 saturated carbocycles. The normalized spacial score (nSPS) is 16.3. The van der Waals surface area contributed by atoms with Crippen LogP contribution >= 0.6 is 0 Å². The molecule has 0 radical (unpaired) electrons. The van der Waals surface area contributed by atoms with Crippen molar-refractivity contribution in [1.82, 2.24) is 4.90 Å². The van der Waals surface area contributed by atoms with E-state index in [1.54, 1.807) is 6.92 Å². The Morgan fingerprint density at radius 1 is 1.04 bits per heavy atom. The molecule has 138 valence electrons. The second-order valence-corrected chi connectivity index (χ2v) is 7.59. The fraction of sp³-hybridized carbons (Fsp3) is 0.435. The number of benzene rings is 2. The molecule has 1 unspecified atom stereocenters. The van der Waals surface area contributed by atoms with Gasteiger partial charge in [0.05, 0.1) is 0 Å². The van der Waals surface area contributed by atoms with Gasteiger partial charge in [-0.05, 0) is 61.8 Å². The van der Waals surface area contributed by atoms with Gasteiger partial charge in [-0.3, -0.25) is 4.79 Å². The molecule has 2 aromatic carbocycles. The van der Waals surface area contributed by atoms with Crippen molar-refractivity contribution < 1.29 is 4.79 Å². The highest BCUT2D eigenvalue weighted by atomic mass is 16.2. The number of rotatable bonds is 6. The lowest BCUT2D eigenvalue weighted by molar-refractivity contribution is -0.130. The summed E-state index contributed by atoms with van der Waals surface area (Å²) in [6, 6.07) is 19.9. The molecular weight excluding hydrogens is 320 g/mol. The summed E-state index contributed by atoms with van der Waals surface area (Å²) in [6.45, 7) is 5.72. The number of hydrogen-bond donors (Lipinski definition) is 1. The summed E-state index contributed by atoms with van der Waals surface area (Å²) in [6.07, 6.45) is 4.38. The van der Waals surface area contributed by atoms with Crippen LogP contribution < -0.4 is 5.32 Å². The van der Waals surface area contributed by atoms with E-state index in [1.165, 1.54) is 16.8 Å². The van der Waals surface area contributed by atoms with E-state index >= 15 is 0 Å². The number of piperidine rings is 1. The first-order valence-corrected chi connectivity index (χ1v) is 9.75. The van der Waals surface area contributed by atoms with Crippen molar-refractivity contribution >= 4 is 11.6 Å². The number of hydrogen-bond acceptors (Lipinski definition) is 2. The highest BCUT2D eigenvalue weighted by Gasteiger charge is 2.20. The average molecular weight is 351 g/mol. The second kappa shape index (κ2) is 8.88. The molecule has 26 heavy (non-hydrogen) atoms. The lowest BCUT2D eigenvalue weighted by atomic mass is 9.90. The first-order valence-electron chi connectivity index (χ1n) is 9.75. The van der Waals surface area contributed by atoms with Gasteiger partial charge < -0.3 is 10.2 Å². The summed E-state index contributed by atoms with van der Waals surface area (Å²) in [5.74, 6) is 0.907. The molecule has 0 bridgehead atoms. The lowest BCUT2D eigenvalue weighted by Gasteiger charge is -2.31. The van der Waals surface area contributed by atoms with Crippen LogP contribution in [0.25, 0.3) is 0 Å². The quantitative estimate of drug-likeness (QED) is 0.830. The molecule has 0 aromatic heterocycles. The predicted octanol–water partition coefficient (Wildman–Crippen LogP) is 4.53. The zero-order valence-corrected chi connectivity index (χ0v) is 15.9. The maximum atomic E-state index is 11.4. The third-order valence-electron chi connectivity index (χ3n) is 5.34. The third kappa shape index (κ3) is 5.35. The van der Waals surface area contributed by atoms with Crippen LogP contribution in [0.2, 0.25) is 0 Å². The van der Waals surface area contributed by atoms with Crippen LogP contribution in [0.3, 0.4) is 0 Å². The zero-order valence-electron chi connectivity index (χ0n) is 15.9. The molecule has 1 N–H and O–H groups in total. The Hall–Kier alpha value is -2.29. The van der Waals surface area contributed by atoms with E-state index in [-0.39, 0.29) is 5.91 Å². The topological polar surface area (TPSA) is 32.3 Å². The summed E-state index contributed by atoms with van der Waals surface area (Å²) in [5.41, 5.74) is 3.94. The van der Waals surface area contributed by atoms with Crippen molar-refractivity contribution in [3.8, 4) is 0 Å². The monoisotopic (exact) mass is 350 g/mol. The number of nitrogens with one attached hydrogen (secondary N) is 1. The van der Waals surface area contributed by atoms with Crippen molar-refractivity contribution in [2.24, 2.45) is 5.92 Å². The van der Waals surface area contributed by atoms with Crippen LogP contribution in [0.4, 0.5) is 5.69 Å². The van der Waals surface area contributed by atoms with Crippen molar-refractivity contribution in [3.63, 3.8) is 0 Å². The predicted molar refractivity (Wildman–Crippen MR) is 108 cm³/mol. The third-order valence-corrected chi connectivity index (χ3v) is 5.34. The first-order chi connectivity index (χ1) is 12.6. The van der Waals surface area contributed by atoms with Crippen LogP contribution in [0.15, 0.2) is 54.6 Å². The summed E-state index contributed by atoms with van der Waals surface area (Å²) >= 11 is 0. The van der Waals surface area contributed by atoms with E-state index < -0.39 is 0 Å². The van der Waals surface area contributed by atoms with Gasteiger partial charge in [0.1, 0.15) is 0 Å². The Kier molecular flexibility index (Phi) is 6.32. The van der Waals surface area contributed by atoms with Crippen LogP contribution in [-0.2, 0) is 17.6 Å². The van der Waals surface area contributed by atoms with Gasteiger partial charge in [0, 0.05) is 31.7 Å². The molecule has 1 aliphatic rings. The number of anilines is 1. The fourth-order valence-electron chi connectivity index (χ4n) is 3.83. The van der Waals surface area contributed by atoms with Gasteiger partial charge in [0.2, 0.25) is 5.91 Å². The van der Waals surface area contributed by atoms with Crippen LogP contribution in [-0.4, -0.2) is 29.9 Å². The summed E-state index contributed by atoms with van der Waals surface area (Å²) < 4.78 is 0. The van der Waals surface area contributed by atoms with Crippen molar-refractivity contribution in [2.75, 3.05) is 18.4 Å². The standard InChI is InChI=1S/C23H30N2O/c1-18(16-20-6-4-3-5-7-20)24-23-10-8-21(9-11-23)17-22-12-14-25(15-13-22)19(2)26/h3-11,18,22,24H,12-17H2,1-2H3. The van der Waals surface area contributed by atoms with E-state index in [1.807, 2.05) is 4.90 Å². The number of amides is 1. The number of carbonyl (C=O) groups is 1. The number of likely N-dealkylation sites (tertiary alicyclic amines) is 1. The highest BCUT2D eigenvalue weighted by Crippen LogP contribution is 2.23. The highest BCUT2D eigenvalue weighted by molar-refractivity contribution is 5.73. The molecule has 1 aliphatic heterocycles. The maximum Gasteiger partial charge on any atom is 0.219 e. The Morgan fingerprint density at radius 3 is 2.31 bits per heavy atom. The molecule has 3 heteroatoms. The molecule has 1 heterocycles. The average Bonchev–Trinajstić information content (AvgIpc) is 2.64. The van der Waals surface area contributed by atoms with Gasteiger partial charge in [-0.25, -0.2) is 0 Å². The zero-order chi connectivity index (χ0) is 18.4. The van der Waals surface area contributed by atoms with Gasteiger partial charge in [-0.1, -0.05) is 42.5 Å². The van der Waals surface area contributed by atoms with E-state index in [2.05, 4.69) is 66.8 Å². The minimum absolute atomic E-state index is 0.212. The van der Waals surface area contributed by atoms with Gasteiger partial charge in [-0.2, -0.15) is 0 Å². The lowest BCUT2D eigenvalue weighted by Crippen LogP contribution is -2.37. The van der Waals surface area contributed by atoms with Crippen molar-refractivity contribution in [2.45, 2.75) is 45.6 Å². The van der Waals surface area contributed by atoms with Crippen molar-refractivity contribution in [3.05, 3.63) is 65.7 Å². The minimum atomic E-state index is 0.212. The van der Waals surface area contributed by atoms with Crippen LogP contribution in [0, 0.1) is 5.92 Å². The smallest absolute Gasteiger partial charge is 0.219 e. The molecule has 3 rings (SSSR count). The fourth-order valence-corrected chi connectivity index (χ4v) is 3.83. The van der Waals surface area contributed by atoms with Crippen molar-refractivity contribution in [1.29, 1.82) is 0 Å². The van der Waals surface area contributed by atoms with E-state index in [0.29, 0.717) is 12.0 Å². The Morgan fingerprint density at radius 2 is 1.69 bits per heavy atom. The minimum Gasteiger partial charge on any atom is -0.382 e. The van der Waals surface area contributed by atoms with E-state index in [9.17, 15) is 4.79 Å². The van der Waals surface area contributed by atoms with Gasteiger partial charge in [0.15, 0.2) is 0 Å². The SMILES string of the molecule is CC(=O)N1CCC(Cc2ccc(NC(C)Cc3ccccc3)cc2)CC1. The van der Waals surface area contributed by atoms with Crippen LogP contribution in [0.1, 0.15) is 37.8 Å². The second-order valence-electron chi connectivity index (χ2n) is 7.59. The Labute approximate surface area is 157 Å². The first kappa shape index (κ1) is 18.5. The summed E-state index contributed by atoms with van der Waals surface area (Å²) in [7, 11) is 0. The number of carbonyl (C=O) groups excluding carboxylic acids is 1. The Bertz CT molecular complexity index is 688. The van der Waals surface area contributed by atoms with Crippen LogP contribution in [0.5, 0.6) is 0 Å². The molecule has 1 fully saturated rings. The summed E-state index contributed by atoms with van der Waals surface area (Å²) in [4.78, 5) is 13.4. The van der Waals surface area contributed by atoms with E-state index in [4.69, 9.17) is 0 Å². The molecule has 2 aromatic rings. The molecule has 3 nitrogen and oxygen atoms in total. The number of nitrogens with zero attached hydrogens (tertiary/aromatic N) is 1. The van der Waals surface area contributed by atoms with Gasteiger partial charge in [0.25, 0.3) is 0 Å². The van der Waals surface area contributed by atoms with E-state index in [0.717, 1.165) is 38.8 Å². The molecule has 1 saturated heterocycles. The Balaban J connectivity index is 1.47. The molecular formula is C23H30N2O. The molecule has 1 atom stereocenters. The largest absolute Gasteiger partial charge is 0.382 e. The summed E-state index contributed by atoms with van der Waals surface area (Å²) in [5, 5.41) is 3.60. The van der Waals surface area contributed by atoms with Gasteiger partial charge in [-0.15, -0.1) is 0 Å². The van der Waals surface area contributed by atoms with Gasteiger partial charge >= 0.3 is 0 Å². The molecule has 0 spiro atoms.